The average Bonchev–Trinajstić information content (AvgIpc) is 3.12. The summed E-state index contributed by atoms with van der Waals surface area (Å²) >= 11 is 0. The molecule has 2 saturated heterocycles. The smallest absolute Gasteiger partial charge is 0.414 e. The van der Waals surface area contributed by atoms with Gasteiger partial charge in [-0.1, -0.05) is 0 Å². The highest BCUT2D eigenvalue weighted by Crippen LogP contribution is 2.29. The number of likely N-dealkylation sites (tertiary alicyclic amines) is 1. The number of carbonyl (C=O) groups is 3. The highest BCUT2D eigenvalue weighted by Gasteiger charge is 2.33. The van der Waals surface area contributed by atoms with E-state index in [1.807, 2.05) is 0 Å². The summed E-state index contributed by atoms with van der Waals surface area (Å²) in [5.74, 6) is -1.17. The van der Waals surface area contributed by atoms with Gasteiger partial charge in [0.1, 0.15) is 12.2 Å². The highest BCUT2D eigenvalue weighted by atomic mass is 32.2. The molecule has 2 aliphatic rings. The zero-order valence-electron chi connectivity index (χ0n) is 18.4. The summed E-state index contributed by atoms with van der Waals surface area (Å²) in [6, 6.07) is 4.18. The normalized spacial score (nSPS) is 19.4. The molecule has 1 aromatic rings. The van der Waals surface area contributed by atoms with Crippen molar-refractivity contribution in [2.24, 2.45) is 0 Å². The Bertz CT molecular complexity index is 1010. The molecule has 2 N–H and O–H groups in total. The maximum Gasteiger partial charge on any atom is 0.414 e. The molecule has 0 aromatic heterocycles. The Morgan fingerprint density at radius 3 is 2.58 bits per heavy atom. The second-order valence-electron chi connectivity index (χ2n) is 7.96. The van der Waals surface area contributed by atoms with Crippen LogP contribution < -0.4 is 19.7 Å². The summed E-state index contributed by atoms with van der Waals surface area (Å²) in [5.41, 5.74) is 0.314. The molecule has 2 heterocycles. The summed E-state index contributed by atoms with van der Waals surface area (Å²) in [6.07, 6.45) is 0.457. The first-order chi connectivity index (χ1) is 15.5. The molecule has 11 nitrogen and oxygen atoms in total. The minimum atomic E-state index is -3.45. The fraction of sp³-hybridized carbons (Fsp3) is 0.550. The summed E-state index contributed by atoms with van der Waals surface area (Å²) in [5, 5.41) is 2.58. The Morgan fingerprint density at radius 1 is 1.27 bits per heavy atom. The van der Waals surface area contributed by atoms with Crippen LogP contribution in [0.3, 0.4) is 0 Å². The molecule has 3 amide bonds. The van der Waals surface area contributed by atoms with Gasteiger partial charge in [0.25, 0.3) is 0 Å². The average molecular weight is 487 g/mol. The molecule has 0 spiro atoms. The van der Waals surface area contributed by atoms with E-state index >= 15 is 0 Å². The van der Waals surface area contributed by atoms with Crippen LogP contribution >= 0.6 is 0 Å². The molecular formula is C20H27FN4O7S. The van der Waals surface area contributed by atoms with Gasteiger partial charge in [0, 0.05) is 38.9 Å². The minimum Gasteiger partial charge on any atom is -0.487 e. The second-order valence-corrected chi connectivity index (χ2v) is 9.79. The van der Waals surface area contributed by atoms with E-state index in [1.165, 1.54) is 28.9 Å². The van der Waals surface area contributed by atoms with Crippen LogP contribution in [-0.2, 0) is 24.3 Å². The van der Waals surface area contributed by atoms with Gasteiger partial charge in [-0.05, 0) is 12.1 Å². The third-order valence-corrected chi connectivity index (χ3v) is 5.92. The summed E-state index contributed by atoms with van der Waals surface area (Å²) < 4.78 is 50.0. The molecular weight excluding hydrogens is 459 g/mol. The molecule has 0 unspecified atom stereocenters. The summed E-state index contributed by atoms with van der Waals surface area (Å²) in [4.78, 5) is 38.0. The second kappa shape index (κ2) is 10.3. The number of ether oxygens (including phenoxy) is 2. The Balaban J connectivity index is 1.52. The van der Waals surface area contributed by atoms with Crippen molar-refractivity contribution in [1.29, 1.82) is 0 Å². The third-order valence-electron chi connectivity index (χ3n) is 5.25. The number of rotatable bonds is 8. The van der Waals surface area contributed by atoms with Crippen molar-refractivity contribution >= 4 is 33.6 Å². The van der Waals surface area contributed by atoms with Crippen LogP contribution in [0.1, 0.15) is 19.8 Å². The van der Waals surface area contributed by atoms with E-state index in [1.54, 1.807) is 6.07 Å². The molecule has 13 heteroatoms. The largest absolute Gasteiger partial charge is 0.487 e. The fourth-order valence-electron chi connectivity index (χ4n) is 3.56. The van der Waals surface area contributed by atoms with Crippen molar-refractivity contribution in [3.8, 4) is 5.75 Å². The zero-order chi connectivity index (χ0) is 24.2. The third kappa shape index (κ3) is 7.02. The van der Waals surface area contributed by atoms with Gasteiger partial charge < -0.3 is 19.7 Å². The van der Waals surface area contributed by atoms with Gasteiger partial charge >= 0.3 is 6.09 Å². The van der Waals surface area contributed by atoms with E-state index in [-0.39, 0.29) is 43.3 Å². The number of piperidine rings is 1. The monoisotopic (exact) mass is 486 g/mol. The number of halogens is 1. The first-order valence-corrected chi connectivity index (χ1v) is 12.3. The molecule has 0 bridgehead atoms. The van der Waals surface area contributed by atoms with Crippen LogP contribution in [-0.4, -0.2) is 82.4 Å². The molecule has 2 aliphatic heterocycles. The number of cyclic esters (lactones) is 1. The van der Waals surface area contributed by atoms with Crippen molar-refractivity contribution in [1.82, 2.24) is 14.9 Å². The highest BCUT2D eigenvalue weighted by molar-refractivity contribution is 7.88. The van der Waals surface area contributed by atoms with Crippen molar-refractivity contribution in [3.05, 3.63) is 24.0 Å². The van der Waals surface area contributed by atoms with Crippen LogP contribution in [0.4, 0.5) is 14.9 Å². The number of nitrogens with one attached hydrogen (secondary N) is 2. The van der Waals surface area contributed by atoms with Crippen molar-refractivity contribution in [2.75, 3.05) is 43.9 Å². The van der Waals surface area contributed by atoms with Crippen molar-refractivity contribution in [2.45, 2.75) is 32.0 Å². The van der Waals surface area contributed by atoms with Crippen LogP contribution in [0.5, 0.6) is 5.75 Å². The fourth-order valence-corrected chi connectivity index (χ4v) is 3.94. The molecule has 33 heavy (non-hydrogen) atoms. The molecule has 182 valence electrons. The Morgan fingerprint density at radius 2 is 1.97 bits per heavy atom. The SMILES string of the molecule is CC(=O)NC[C@H]1CN(c2ccc(OC3CCN(C(=O)CNS(C)(=O)=O)CC3)c(F)c2)C(=O)O1. The van der Waals surface area contributed by atoms with E-state index in [2.05, 4.69) is 10.0 Å². The molecule has 0 radical (unpaired) electrons. The lowest BCUT2D eigenvalue weighted by molar-refractivity contribution is -0.131. The zero-order valence-corrected chi connectivity index (χ0v) is 19.2. The van der Waals surface area contributed by atoms with E-state index in [0.29, 0.717) is 31.6 Å². The van der Waals surface area contributed by atoms with Gasteiger partial charge in [-0.2, -0.15) is 0 Å². The minimum absolute atomic E-state index is 0.0321. The Labute approximate surface area is 191 Å². The number of hydrogen-bond acceptors (Lipinski definition) is 7. The molecule has 0 saturated carbocycles. The number of anilines is 1. The number of hydrogen-bond donors (Lipinski definition) is 2. The summed E-state index contributed by atoms with van der Waals surface area (Å²) in [7, 11) is -3.45. The first kappa shape index (κ1) is 24.7. The lowest BCUT2D eigenvalue weighted by atomic mass is 10.1. The maximum atomic E-state index is 14.7. The van der Waals surface area contributed by atoms with Crippen LogP contribution in [0.2, 0.25) is 0 Å². The Kier molecular flexibility index (Phi) is 7.74. The van der Waals surface area contributed by atoms with Crippen LogP contribution in [0.25, 0.3) is 0 Å². The van der Waals surface area contributed by atoms with Crippen LogP contribution in [0.15, 0.2) is 18.2 Å². The topological polar surface area (TPSA) is 134 Å². The van der Waals surface area contributed by atoms with Crippen LogP contribution in [0, 0.1) is 5.82 Å². The predicted octanol–water partition coefficient (Wildman–Crippen LogP) is 0.206. The molecule has 1 atom stereocenters. The number of carbonyl (C=O) groups excluding carboxylic acids is 3. The maximum absolute atomic E-state index is 14.7. The number of amides is 3. The van der Waals surface area contributed by atoms with E-state index < -0.39 is 28.0 Å². The quantitative estimate of drug-likeness (QED) is 0.536. The van der Waals surface area contributed by atoms with Crippen molar-refractivity contribution < 1.29 is 36.7 Å². The molecule has 0 aliphatic carbocycles. The van der Waals surface area contributed by atoms with Gasteiger partial charge in [-0.15, -0.1) is 0 Å². The molecule has 3 rings (SSSR count). The van der Waals surface area contributed by atoms with E-state index in [9.17, 15) is 27.2 Å². The van der Waals surface area contributed by atoms with Gasteiger partial charge in [0.05, 0.1) is 31.6 Å². The van der Waals surface area contributed by atoms with Gasteiger partial charge in [0.15, 0.2) is 11.6 Å². The first-order valence-electron chi connectivity index (χ1n) is 10.4. The van der Waals surface area contributed by atoms with Gasteiger partial charge in [-0.25, -0.2) is 22.3 Å². The van der Waals surface area contributed by atoms with E-state index in [4.69, 9.17) is 9.47 Å². The summed E-state index contributed by atoms with van der Waals surface area (Å²) in [6.45, 7) is 2.14. The lowest BCUT2D eigenvalue weighted by Gasteiger charge is -2.32. The van der Waals surface area contributed by atoms with Crippen molar-refractivity contribution in [3.63, 3.8) is 0 Å². The predicted molar refractivity (Wildman–Crippen MR) is 116 cm³/mol. The molecule has 2 fully saturated rings. The Hall–Kier alpha value is -2.93. The number of nitrogens with zero attached hydrogens (tertiary/aromatic N) is 2. The van der Waals surface area contributed by atoms with Gasteiger partial charge in [0.2, 0.25) is 21.8 Å². The van der Waals surface area contributed by atoms with Gasteiger partial charge in [-0.3, -0.25) is 14.5 Å². The standard InChI is InChI=1S/C20H27FN4O7S/c1-13(26)22-10-16-12-25(20(28)32-16)14-3-4-18(17(21)9-14)31-15-5-7-24(8-6-15)19(27)11-23-33(2,29)30/h3-4,9,15-16,23H,5-8,10-12H2,1-2H3,(H,22,26)/t16-/m0/s1. The number of benzene rings is 1. The van der Waals surface area contributed by atoms with E-state index in [0.717, 1.165) is 6.26 Å². The lowest BCUT2D eigenvalue weighted by Crippen LogP contribution is -2.45. The molecule has 1 aromatic carbocycles. The number of sulfonamides is 1.